The zero-order chi connectivity index (χ0) is 63.1. The van der Waals surface area contributed by atoms with E-state index in [0.29, 0.717) is 60.8 Å². The largest absolute Gasteiger partial charge is 0.336 e. The van der Waals surface area contributed by atoms with Gasteiger partial charge in [0.25, 0.3) is 11.8 Å². The molecule has 0 heterocycles. The summed E-state index contributed by atoms with van der Waals surface area (Å²) < 4.78 is 128. The minimum atomic E-state index is -3.25. The lowest BCUT2D eigenvalue weighted by Gasteiger charge is -2.28. The fourth-order valence-electron chi connectivity index (χ4n) is 9.57. The zero-order valence-corrected chi connectivity index (χ0v) is 48.5. The Morgan fingerprint density at radius 3 is 1.05 bits per heavy atom. The quantitative estimate of drug-likeness (QED) is 0.0292. The molecule has 3 aliphatic carbocycles. The molecular weight excluding hydrogens is 1130 g/mol. The van der Waals surface area contributed by atoms with E-state index in [9.17, 15) is 64.4 Å². The van der Waals surface area contributed by atoms with Gasteiger partial charge in [-0.15, -0.1) is 0 Å². The van der Waals surface area contributed by atoms with E-state index in [0.717, 1.165) is 0 Å². The number of carbonyl (C=O) groups excluding carboxylic acids is 3. The molecule has 3 amide bonds. The van der Waals surface area contributed by atoms with E-state index >= 15 is 0 Å². The number of hydrogen-bond donors (Lipinski definition) is 6. The molecule has 3 aliphatic rings. The summed E-state index contributed by atoms with van der Waals surface area (Å²) in [6.07, 6.45) is 0.109. The molecule has 0 aliphatic heterocycles. The second-order valence-corrected chi connectivity index (χ2v) is 23.2. The molecule has 5 aromatic rings. The Balaban J connectivity index is 0.000000207. The van der Waals surface area contributed by atoms with Gasteiger partial charge in [-0.05, 0) is 124 Å². The van der Waals surface area contributed by atoms with Crippen LogP contribution in [-0.2, 0) is 26.7 Å². The van der Waals surface area contributed by atoms with E-state index in [2.05, 4.69) is 31.9 Å². The van der Waals surface area contributed by atoms with E-state index < -0.39 is 131 Å². The monoisotopic (exact) mass is 1200 g/mol. The highest BCUT2D eigenvalue weighted by atomic mass is 19.3. The van der Waals surface area contributed by atoms with Gasteiger partial charge in [0.1, 0.15) is 34.1 Å². The number of benzene rings is 5. The van der Waals surface area contributed by atoms with E-state index in [-0.39, 0.29) is 17.9 Å². The molecule has 0 bridgehead atoms. The number of amides is 3. The van der Waals surface area contributed by atoms with E-state index in [1.165, 1.54) is 72.8 Å². The molecule has 3 saturated carbocycles. The molecule has 458 valence electrons. The summed E-state index contributed by atoms with van der Waals surface area (Å²) in [6.45, 7) is 8.57. The maximum atomic E-state index is 14.9. The molecule has 3 fully saturated rings. The second-order valence-electron chi connectivity index (χ2n) is 23.2. The molecule has 0 saturated heterocycles. The van der Waals surface area contributed by atoms with Gasteiger partial charge in [0.15, 0.2) is 0 Å². The molecular formula is C65H72F9N9O3. The van der Waals surface area contributed by atoms with Crippen LogP contribution in [0.15, 0.2) is 133 Å². The van der Waals surface area contributed by atoms with Crippen LogP contribution in [0.4, 0.5) is 39.5 Å². The first-order valence-corrected chi connectivity index (χ1v) is 28.5. The van der Waals surface area contributed by atoms with Gasteiger partial charge < -0.3 is 16.0 Å². The van der Waals surface area contributed by atoms with Crippen molar-refractivity contribution in [2.45, 2.75) is 176 Å². The lowest BCUT2D eigenvalue weighted by molar-refractivity contribution is -0.128. The number of hydrogen-bond acceptors (Lipinski definition) is 9. The van der Waals surface area contributed by atoms with Crippen molar-refractivity contribution in [3.05, 3.63) is 179 Å². The minimum Gasteiger partial charge on any atom is -0.336 e. The number of rotatable bonds is 26. The Morgan fingerprint density at radius 2 is 0.744 bits per heavy atom. The van der Waals surface area contributed by atoms with Crippen LogP contribution in [0.1, 0.15) is 145 Å². The minimum absolute atomic E-state index is 0.185. The third-order valence-electron chi connectivity index (χ3n) is 15.1. The predicted molar refractivity (Wildman–Crippen MR) is 306 cm³/mol. The molecule has 12 nitrogen and oxygen atoms in total. The third-order valence-corrected chi connectivity index (χ3v) is 15.1. The fourth-order valence-corrected chi connectivity index (χ4v) is 9.57. The first kappa shape index (κ1) is 67.4. The summed E-state index contributed by atoms with van der Waals surface area (Å²) in [4.78, 5) is 38.2. The van der Waals surface area contributed by atoms with Crippen LogP contribution >= 0.6 is 0 Å². The van der Waals surface area contributed by atoms with Crippen LogP contribution in [0, 0.1) is 57.4 Å². The van der Waals surface area contributed by atoms with Crippen LogP contribution in [0.3, 0.4) is 0 Å². The lowest BCUT2D eigenvalue weighted by atomic mass is 9.97. The Labute approximate surface area is 496 Å². The van der Waals surface area contributed by atoms with Crippen molar-refractivity contribution in [2.75, 3.05) is 0 Å². The summed E-state index contributed by atoms with van der Waals surface area (Å²) in [5, 5.41) is 44.2. The first-order valence-electron chi connectivity index (χ1n) is 28.5. The molecule has 5 aromatic carbocycles. The Bertz CT molecular complexity index is 3160. The normalized spacial score (nSPS) is 17.3. The maximum Gasteiger partial charge on any atom is 0.275 e. The van der Waals surface area contributed by atoms with Gasteiger partial charge in [0.2, 0.25) is 23.6 Å². The van der Waals surface area contributed by atoms with Crippen LogP contribution < -0.4 is 31.9 Å². The molecule has 86 heavy (non-hydrogen) atoms. The van der Waals surface area contributed by atoms with Crippen LogP contribution in [-0.4, -0.2) is 64.3 Å². The third kappa shape index (κ3) is 20.7. The number of nitrogens with one attached hydrogen (secondary N) is 6. The van der Waals surface area contributed by atoms with Crippen LogP contribution in [0.5, 0.6) is 0 Å². The smallest absolute Gasteiger partial charge is 0.275 e. The van der Waals surface area contributed by atoms with E-state index in [4.69, 9.17) is 5.26 Å². The van der Waals surface area contributed by atoms with Crippen molar-refractivity contribution in [1.29, 1.82) is 15.8 Å². The molecule has 21 heteroatoms. The van der Waals surface area contributed by atoms with Gasteiger partial charge >= 0.3 is 0 Å². The van der Waals surface area contributed by atoms with Gasteiger partial charge in [0, 0.05) is 55.8 Å². The van der Waals surface area contributed by atoms with E-state index in [1.54, 1.807) is 95.3 Å². The maximum absolute atomic E-state index is 14.9. The summed E-state index contributed by atoms with van der Waals surface area (Å²) in [6, 6.07) is 33.7. The second kappa shape index (κ2) is 29.1. The number of alkyl halides is 6. The molecule has 0 radical (unpaired) electrons. The molecule has 8 rings (SSSR count). The van der Waals surface area contributed by atoms with Gasteiger partial charge in [-0.2, -0.15) is 15.8 Å². The van der Waals surface area contributed by atoms with Crippen molar-refractivity contribution >= 4 is 17.7 Å². The summed E-state index contributed by atoms with van der Waals surface area (Å²) in [5.74, 6) is -12.7. The van der Waals surface area contributed by atoms with E-state index in [1.807, 2.05) is 18.2 Å². The van der Waals surface area contributed by atoms with Crippen molar-refractivity contribution in [1.82, 2.24) is 31.9 Å². The van der Waals surface area contributed by atoms with Crippen LogP contribution in [0.25, 0.3) is 0 Å². The summed E-state index contributed by atoms with van der Waals surface area (Å²) in [7, 11) is 0. The molecule has 0 aromatic heterocycles. The van der Waals surface area contributed by atoms with Crippen molar-refractivity contribution in [2.24, 2.45) is 5.92 Å². The summed E-state index contributed by atoms with van der Waals surface area (Å²) >= 11 is 0. The average Bonchev–Trinajstić information content (AvgIpc) is 3.19. The Morgan fingerprint density at radius 1 is 0.442 bits per heavy atom. The highest BCUT2D eigenvalue weighted by molar-refractivity contribution is 5.85. The first-order chi connectivity index (χ1) is 40.5. The van der Waals surface area contributed by atoms with Crippen molar-refractivity contribution < 1.29 is 53.9 Å². The zero-order valence-electron chi connectivity index (χ0n) is 48.5. The molecule has 6 N–H and O–H groups in total. The van der Waals surface area contributed by atoms with Crippen molar-refractivity contribution in [3.63, 3.8) is 0 Å². The number of carbonyl (C=O) groups is 3. The van der Waals surface area contributed by atoms with Gasteiger partial charge in [-0.1, -0.05) is 111 Å². The fraction of sp³-hybridized carbons (Fsp3) is 0.446. The highest BCUT2D eigenvalue weighted by Gasteiger charge is 2.49. The number of nitriles is 3. The number of nitrogens with zero attached hydrogens (tertiary/aromatic N) is 3. The average molecular weight is 1200 g/mol. The SMILES string of the molecule is CC(C)CC(F)(F)C[C@H](N[C@H](C)c1ccc(F)cc1)C(=O)NC1(C#N)CC1.C[C@@H](N[C@@H](CC(F)(F)Cc1ccccc1)C(=O)NC1(C#N)CC1)c1ccc(F)cc1.C[C@@H](N[C@@H](CC(F)(F)c1ccccc1)C(=O)NC1(C#N)CC1)c1ccc(F)cc1. The highest BCUT2D eigenvalue weighted by Crippen LogP contribution is 2.39. The standard InChI is InChI=1S/C23H24F3N3O.C22H22F3N3O.C20H26F3N3O/c1-16(18-7-9-19(24)10-8-18)28-20(21(30)29-22(15-27)11-12-22)14-23(25,26)13-17-5-3-2-4-6-17;1-15(16-7-9-18(23)10-8-16)27-19(20(29)28-21(14-26)11-12-21)13-22(24,25)17-5-3-2-4-6-17;1-13(2)10-20(22,23)11-17(18(27)26-19(12-24)8-9-19)25-14(3)15-4-6-16(21)7-5-15/h2-10,16,20,28H,11-14H2,1H3,(H,29,30);2-10,15,19,27H,11-13H2,1H3,(H,28,29);4-7,13-14,17,25H,8-11H2,1-3H3,(H,26,27)/t16-,20+;15-,19+;14-,17+/m111/s1. The lowest BCUT2D eigenvalue weighted by Crippen LogP contribution is -2.51. The Kier molecular flexibility index (Phi) is 22.8. The van der Waals surface area contributed by atoms with Crippen LogP contribution in [0.2, 0.25) is 0 Å². The van der Waals surface area contributed by atoms with Gasteiger partial charge in [-0.25, -0.2) is 39.5 Å². The molecule has 6 atom stereocenters. The number of halogens is 9. The predicted octanol–water partition coefficient (Wildman–Crippen LogP) is 12.6. The molecule has 0 unspecified atom stereocenters. The topological polar surface area (TPSA) is 195 Å². The van der Waals surface area contributed by atoms with Crippen molar-refractivity contribution in [3.8, 4) is 18.2 Å². The van der Waals surface area contributed by atoms with Gasteiger partial charge in [0.05, 0.1) is 36.3 Å². The summed E-state index contributed by atoms with van der Waals surface area (Å²) in [5.41, 5.74) is -0.537. The van der Waals surface area contributed by atoms with Gasteiger partial charge in [-0.3, -0.25) is 30.3 Å². The molecule has 0 spiro atoms. The Hall–Kier alpha value is -7.77.